The standard InChI is InChI=1S/C10H9Br2N3/c11-7-3-8(12)10-9(4-7)15(14-13-10)5-6-1-2-6/h3-4,6H,1-2,5H2. The first-order chi connectivity index (χ1) is 7.24. The monoisotopic (exact) mass is 329 g/mol. The van der Waals surface area contributed by atoms with E-state index in [1.807, 2.05) is 10.7 Å². The highest BCUT2D eigenvalue weighted by atomic mass is 79.9. The van der Waals surface area contributed by atoms with Crippen molar-refractivity contribution >= 4 is 42.9 Å². The third-order valence-corrected chi connectivity index (χ3v) is 3.73. The highest BCUT2D eigenvalue weighted by molar-refractivity contribution is 9.11. The maximum atomic E-state index is 4.19. The molecule has 1 fully saturated rings. The molecule has 15 heavy (non-hydrogen) atoms. The minimum atomic E-state index is 0.813. The van der Waals surface area contributed by atoms with Gasteiger partial charge in [0.05, 0.1) is 5.52 Å². The van der Waals surface area contributed by atoms with Gasteiger partial charge in [-0.2, -0.15) is 0 Å². The lowest BCUT2D eigenvalue weighted by Gasteiger charge is -2.00. The number of halogens is 2. The Labute approximate surface area is 104 Å². The number of hydrogen-bond donors (Lipinski definition) is 0. The lowest BCUT2D eigenvalue weighted by atomic mass is 10.3. The molecule has 0 bridgehead atoms. The first-order valence-corrected chi connectivity index (χ1v) is 6.51. The van der Waals surface area contributed by atoms with E-state index in [0.717, 1.165) is 32.4 Å². The Kier molecular flexibility index (Phi) is 2.32. The molecule has 1 aromatic heterocycles. The number of fused-ring (bicyclic) bond motifs is 1. The molecule has 78 valence electrons. The van der Waals surface area contributed by atoms with E-state index >= 15 is 0 Å². The predicted octanol–water partition coefficient (Wildman–Crippen LogP) is 3.37. The van der Waals surface area contributed by atoms with E-state index in [1.54, 1.807) is 0 Å². The fourth-order valence-electron chi connectivity index (χ4n) is 1.67. The molecule has 0 atom stereocenters. The minimum Gasteiger partial charge on any atom is -0.244 e. The molecule has 0 saturated heterocycles. The summed E-state index contributed by atoms with van der Waals surface area (Å²) in [5.41, 5.74) is 2.04. The molecule has 1 heterocycles. The van der Waals surface area contributed by atoms with E-state index in [0.29, 0.717) is 0 Å². The summed E-state index contributed by atoms with van der Waals surface area (Å²) in [4.78, 5) is 0. The summed E-state index contributed by atoms with van der Waals surface area (Å²) in [5.74, 6) is 0.813. The van der Waals surface area contributed by atoms with Crippen LogP contribution in [0.15, 0.2) is 21.1 Å². The van der Waals surface area contributed by atoms with Gasteiger partial charge in [-0.3, -0.25) is 0 Å². The van der Waals surface area contributed by atoms with E-state index in [2.05, 4.69) is 48.2 Å². The number of hydrogen-bond acceptors (Lipinski definition) is 2. The number of benzene rings is 1. The van der Waals surface area contributed by atoms with E-state index in [9.17, 15) is 0 Å². The van der Waals surface area contributed by atoms with Gasteiger partial charge < -0.3 is 0 Å². The molecule has 5 heteroatoms. The Bertz CT molecular complexity index is 517. The van der Waals surface area contributed by atoms with Crippen molar-refractivity contribution in [1.29, 1.82) is 0 Å². The smallest absolute Gasteiger partial charge is 0.127 e. The summed E-state index contributed by atoms with van der Waals surface area (Å²) in [6.45, 7) is 0.999. The van der Waals surface area contributed by atoms with Crippen LogP contribution in [-0.2, 0) is 6.54 Å². The van der Waals surface area contributed by atoms with Crippen molar-refractivity contribution in [2.45, 2.75) is 19.4 Å². The molecule has 0 spiro atoms. The van der Waals surface area contributed by atoms with Gasteiger partial charge in [-0.15, -0.1) is 5.10 Å². The molecule has 0 amide bonds. The molecule has 3 rings (SSSR count). The first-order valence-electron chi connectivity index (χ1n) is 4.92. The highest BCUT2D eigenvalue weighted by Crippen LogP contribution is 2.32. The van der Waals surface area contributed by atoms with Crippen LogP contribution >= 0.6 is 31.9 Å². The molecule has 0 unspecified atom stereocenters. The summed E-state index contributed by atoms with van der Waals surface area (Å²) >= 11 is 6.98. The van der Waals surface area contributed by atoms with E-state index in [1.165, 1.54) is 12.8 Å². The molecule has 1 aliphatic carbocycles. The van der Waals surface area contributed by atoms with Gasteiger partial charge in [-0.25, -0.2) is 4.68 Å². The number of rotatable bonds is 2. The second-order valence-electron chi connectivity index (χ2n) is 3.97. The van der Waals surface area contributed by atoms with Gasteiger partial charge in [0.25, 0.3) is 0 Å². The van der Waals surface area contributed by atoms with Crippen LogP contribution in [0.2, 0.25) is 0 Å². The third kappa shape index (κ3) is 1.83. The summed E-state index contributed by atoms with van der Waals surface area (Å²) in [5, 5.41) is 8.38. The molecule has 1 aromatic carbocycles. The fraction of sp³-hybridized carbons (Fsp3) is 0.400. The molecule has 2 aromatic rings. The topological polar surface area (TPSA) is 30.7 Å². The van der Waals surface area contributed by atoms with Crippen molar-refractivity contribution < 1.29 is 0 Å². The number of nitrogens with zero attached hydrogens (tertiary/aromatic N) is 3. The normalized spacial score (nSPS) is 16.1. The highest BCUT2D eigenvalue weighted by Gasteiger charge is 2.23. The molecular weight excluding hydrogens is 322 g/mol. The molecule has 0 N–H and O–H groups in total. The molecule has 0 aliphatic heterocycles. The van der Waals surface area contributed by atoms with Crippen LogP contribution in [0.5, 0.6) is 0 Å². The minimum absolute atomic E-state index is 0.813. The van der Waals surface area contributed by atoms with Crippen molar-refractivity contribution in [2.75, 3.05) is 0 Å². The predicted molar refractivity (Wildman–Crippen MR) is 65.7 cm³/mol. The summed E-state index contributed by atoms with van der Waals surface area (Å²) in [7, 11) is 0. The summed E-state index contributed by atoms with van der Waals surface area (Å²) in [6, 6.07) is 4.07. The SMILES string of the molecule is Brc1cc(Br)c2nnn(CC3CC3)c2c1. The Morgan fingerprint density at radius 3 is 2.87 bits per heavy atom. The molecule has 0 radical (unpaired) electrons. The van der Waals surface area contributed by atoms with Gasteiger partial charge >= 0.3 is 0 Å². The Morgan fingerprint density at radius 2 is 2.13 bits per heavy atom. The largest absolute Gasteiger partial charge is 0.244 e. The lowest BCUT2D eigenvalue weighted by Crippen LogP contribution is -2.01. The van der Waals surface area contributed by atoms with Gasteiger partial charge in [-0.05, 0) is 46.8 Å². The van der Waals surface area contributed by atoms with Crippen LogP contribution in [0.4, 0.5) is 0 Å². The average molecular weight is 331 g/mol. The van der Waals surface area contributed by atoms with Gasteiger partial charge in [0.1, 0.15) is 5.52 Å². The van der Waals surface area contributed by atoms with E-state index in [4.69, 9.17) is 0 Å². The van der Waals surface area contributed by atoms with Crippen LogP contribution in [-0.4, -0.2) is 15.0 Å². The quantitative estimate of drug-likeness (QED) is 0.845. The van der Waals surface area contributed by atoms with Crippen LogP contribution in [0.3, 0.4) is 0 Å². The van der Waals surface area contributed by atoms with Crippen LogP contribution in [0, 0.1) is 5.92 Å². The third-order valence-electron chi connectivity index (χ3n) is 2.67. The second-order valence-corrected chi connectivity index (χ2v) is 5.74. The molecule has 1 saturated carbocycles. The van der Waals surface area contributed by atoms with Crippen molar-refractivity contribution in [2.24, 2.45) is 5.92 Å². The zero-order valence-corrected chi connectivity index (χ0v) is 11.1. The van der Waals surface area contributed by atoms with Crippen LogP contribution < -0.4 is 0 Å². The van der Waals surface area contributed by atoms with Gasteiger partial charge in [-0.1, -0.05) is 21.1 Å². The molecule has 3 nitrogen and oxygen atoms in total. The van der Waals surface area contributed by atoms with Crippen molar-refractivity contribution in [3.63, 3.8) is 0 Å². The van der Waals surface area contributed by atoms with Gasteiger partial charge in [0.15, 0.2) is 0 Å². The van der Waals surface area contributed by atoms with Crippen LogP contribution in [0.1, 0.15) is 12.8 Å². The fourth-order valence-corrected chi connectivity index (χ4v) is 2.96. The zero-order chi connectivity index (χ0) is 10.4. The van der Waals surface area contributed by atoms with Crippen LogP contribution in [0.25, 0.3) is 11.0 Å². The molecule has 1 aliphatic rings. The maximum absolute atomic E-state index is 4.19. The summed E-state index contributed by atoms with van der Waals surface area (Å²) < 4.78 is 4.05. The Morgan fingerprint density at radius 1 is 1.33 bits per heavy atom. The zero-order valence-electron chi connectivity index (χ0n) is 7.95. The van der Waals surface area contributed by atoms with Crippen molar-refractivity contribution in [1.82, 2.24) is 15.0 Å². The van der Waals surface area contributed by atoms with Gasteiger partial charge in [0.2, 0.25) is 0 Å². The molecular formula is C10H9Br2N3. The number of aromatic nitrogens is 3. The first kappa shape index (κ1) is 9.78. The summed E-state index contributed by atoms with van der Waals surface area (Å²) in [6.07, 6.45) is 2.66. The Hall–Kier alpha value is -0.420. The van der Waals surface area contributed by atoms with Crippen molar-refractivity contribution in [3.8, 4) is 0 Å². The second kappa shape index (κ2) is 3.56. The van der Waals surface area contributed by atoms with E-state index < -0.39 is 0 Å². The van der Waals surface area contributed by atoms with E-state index in [-0.39, 0.29) is 0 Å². The Balaban J connectivity index is 2.14. The lowest BCUT2D eigenvalue weighted by molar-refractivity contribution is 0.559. The van der Waals surface area contributed by atoms with Gasteiger partial charge in [0, 0.05) is 15.5 Å². The maximum Gasteiger partial charge on any atom is 0.127 e. The van der Waals surface area contributed by atoms with Crippen molar-refractivity contribution in [3.05, 3.63) is 21.1 Å². The average Bonchev–Trinajstić information content (AvgIpc) is 2.89.